The van der Waals surface area contributed by atoms with Crippen LogP contribution in [-0.2, 0) is 9.53 Å². The number of rotatable bonds is 5. The molecular formula is C18H18N2O5. The quantitative estimate of drug-likeness (QED) is 0.637. The van der Waals surface area contributed by atoms with Crippen LogP contribution in [0.4, 0.5) is 0 Å². The Hall–Kier alpha value is -3.35. The summed E-state index contributed by atoms with van der Waals surface area (Å²) in [6, 6.07) is 14.9. The fraction of sp³-hybridized carbons (Fsp3) is 0.167. The van der Waals surface area contributed by atoms with E-state index in [1.165, 1.54) is 20.1 Å². The van der Waals surface area contributed by atoms with Crippen LogP contribution < -0.4 is 15.6 Å². The number of hydrazine groups is 1. The van der Waals surface area contributed by atoms with Crippen molar-refractivity contribution in [1.29, 1.82) is 0 Å². The predicted molar refractivity (Wildman–Crippen MR) is 89.9 cm³/mol. The van der Waals surface area contributed by atoms with E-state index in [0.717, 1.165) is 0 Å². The molecule has 0 saturated carbocycles. The van der Waals surface area contributed by atoms with Gasteiger partial charge in [0.2, 0.25) is 0 Å². The van der Waals surface area contributed by atoms with E-state index in [2.05, 4.69) is 10.9 Å². The Morgan fingerprint density at radius 3 is 2.24 bits per heavy atom. The molecule has 0 fully saturated rings. The van der Waals surface area contributed by atoms with Crippen molar-refractivity contribution in [3.63, 3.8) is 0 Å². The maximum Gasteiger partial charge on any atom is 0.342 e. The van der Waals surface area contributed by atoms with Crippen LogP contribution in [0.5, 0.6) is 5.75 Å². The molecule has 0 saturated heterocycles. The first-order chi connectivity index (χ1) is 12.0. The summed E-state index contributed by atoms with van der Waals surface area (Å²) in [6.45, 7) is 1.40. The van der Waals surface area contributed by atoms with Gasteiger partial charge in [0.1, 0.15) is 11.3 Å². The molecule has 2 rings (SSSR count). The van der Waals surface area contributed by atoms with Crippen molar-refractivity contribution >= 4 is 17.8 Å². The minimum absolute atomic E-state index is 0.206. The van der Waals surface area contributed by atoms with E-state index < -0.39 is 23.9 Å². The summed E-state index contributed by atoms with van der Waals surface area (Å²) in [5, 5.41) is 0. The number of nitrogens with one attached hydrogen (secondary N) is 2. The number of amides is 2. The fourth-order valence-corrected chi connectivity index (χ4v) is 1.97. The lowest BCUT2D eigenvalue weighted by Gasteiger charge is -2.15. The molecule has 0 heterocycles. The van der Waals surface area contributed by atoms with Crippen LogP contribution in [0.2, 0.25) is 0 Å². The number of methoxy groups -OCH3 is 1. The summed E-state index contributed by atoms with van der Waals surface area (Å²) in [5.74, 6) is -1.49. The van der Waals surface area contributed by atoms with E-state index in [1.54, 1.807) is 48.5 Å². The molecule has 0 aliphatic rings. The molecule has 25 heavy (non-hydrogen) atoms. The van der Waals surface area contributed by atoms with E-state index >= 15 is 0 Å². The molecule has 2 aromatic rings. The van der Waals surface area contributed by atoms with Gasteiger partial charge in [0.15, 0.2) is 6.10 Å². The highest BCUT2D eigenvalue weighted by atomic mass is 16.5. The van der Waals surface area contributed by atoms with Crippen LogP contribution >= 0.6 is 0 Å². The van der Waals surface area contributed by atoms with E-state index in [1.807, 2.05) is 0 Å². The highest BCUT2D eigenvalue weighted by Crippen LogP contribution is 2.18. The van der Waals surface area contributed by atoms with Gasteiger partial charge in [-0.3, -0.25) is 20.4 Å². The SMILES string of the molecule is COc1ccccc1C(=O)O[C@@H](C)C(=O)NNC(=O)c1ccccc1. The van der Waals surface area contributed by atoms with E-state index in [9.17, 15) is 14.4 Å². The molecule has 7 heteroatoms. The van der Waals surface area contributed by atoms with Crippen LogP contribution in [0.15, 0.2) is 54.6 Å². The van der Waals surface area contributed by atoms with Crippen molar-refractivity contribution in [3.8, 4) is 5.75 Å². The smallest absolute Gasteiger partial charge is 0.342 e. The first-order valence-corrected chi connectivity index (χ1v) is 7.52. The van der Waals surface area contributed by atoms with Gasteiger partial charge >= 0.3 is 5.97 Å². The molecule has 2 aromatic carbocycles. The first kappa shape index (κ1) is 18.0. The minimum atomic E-state index is -1.10. The number of benzene rings is 2. The van der Waals surface area contributed by atoms with Crippen molar-refractivity contribution in [2.75, 3.05) is 7.11 Å². The summed E-state index contributed by atoms with van der Waals surface area (Å²) >= 11 is 0. The Morgan fingerprint density at radius 1 is 0.920 bits per heavy atom. The average Bonchev–Trinajstić information content (AvgIpc) is 2.66. The lowest BCUT2D eigenvalue weighted by atomic mass is 10.2. The van der Waals surface area contributed by atoms with Gasteiger partial charge in [-0.15, -0.1) is 0 Å². The zero-order valence-electron chi connectivity index (χ0n) is 13.8. The van der Waals surface area contributed by atoms with Gasteiger partial charge < -0.3 is 9.47 Å². The third-order valence-electron chi connectivity index (χ3n) is 3.32. The molecule has 2 N–H and O–H groups in total. The Balaban J connectivity index is 1.90. The van der Waals surface area contributed by atoms with Gasteiger partial charge in [0.25, 0.3) is 11.8 Å². The molecule has 0 aliphatic carbocycles. The fourth-order valence-electron chi connectivity index (χ4n) is 1.97. The number of ether oxygens (including phenoxy) is 2. The second-order valence-corrected chi connectivity index (χ2v) is 5.06. The summed E-state index contributed by atoms with van der Waals surface area (Å²) in [6.07, 6.45) is -1.10. The number of carbonyl (C=O) groups excluding carboxylic acids is 3. The normalized spacial score (nSPS) is 11.1. The molecule has 2 amide bonds. The van der Waals surface area contributed by atoms with E-state index in [-0.39, 0.29) is 5.56 Å². The molecule has 0 radical (unpaired) electrons. The van der Waals surface area contributed by atoms with Crippen LogP contribution in [0.25, 0.3) is 0 Å². The van der Waals surface area contributed by atoms with Gasteiger partial charge in [-0.05, 0) is 31.2 Å². The van der Waals surface area contributed by atoms with Crippen molar-refractivity contribution in [2.24, 2.45) is 0 Å². The molecule has 7 nitrogen and oxygen atoms in total. The maximum absolute atomic E-state index is 12.1. The molecule has 0 aromatic heterocycles. The van der Waals surface area contributed by atoms with Crippen LogP contribution in [0.3, 0.4) is 0 Å². The molecule has 1 atom stereocenters. The molecular weight excluding hydrogens is 324 g/mol. The van der Waals surface area contributed by atoms with Gasteiger partial charge in [0.05, 0.1) is 7.11 Å². The molecule has 0 bridgehead atoms. The van der Waals surface area contributed by atoms with Gasteiger partial charge in [-0.25, -0.2) is 4.79 Å². The third-order valence-corrected chi connectivity index (χ3v) is 3.32. The Labute approximate surface area is 144 Å². The largest absolute Gasteiger partial charge is 0.496 e. The summed E-state index contributed by atoms with van der Waals surface area (Å²) in [5.41, 5.74) is 5.08. The highest BCUT2D eigenvalue weighted by Gasteiger charge is 2.21. The maximum atomic E-state index is 12.1. The van der Waals surface area contributed by atoms with Gasteiger partial charge in [-0.1, -0.05) is 30.3 Å². The predicted octanol–water partition coefficient (Wildman–Crippen LogP) is 1.70. The van der Waals surface area contributed by atoms with Crippen molar-refractivity contribution in [2.45, 2.75) is 13.0 Å². The lowest BCUT2D eigenvalue weighted by Crippen LogP contribution is -2.46. The van der Waals surface area contributed by atoms with Crippen LogP contribution in [0, 0.1) is 0 Å². The number of carbonyl (C=O) groups is 3. The monoisotopic (exact) mass is 342 g/mol. The van der Waals surface area contributed by atoms with Gasteiger partial charge in [-0.2, -0.15) is 0 Å². The third kappa shape index (κ3) is 4.81. The Bertz CT molecular complexity index is 761. The summed E-state index contributed by atoms with van der Waals surface area (Å²) in [4.78, 5) is 35.9. The minimum Gasteiger partial charge on any atom is -0.496 e. The molecule has 0 spiro atoms. The molecule has 130 valence electrons. The molecule has 0 aliphatic heterocycles. The first-order valence-electron chi connectivity index (χ1n) is 7.52. The number of hydrogen-bond acceptors (Lipinski definition) is 5. The Morgan fingerprint density at radius 2 is 1.56 bits per heavy atom. The standard InChI is InChI=1S/C18H18N2O5/c1-12(25-18(23)14-10-6-7-11-15(14)24-2)16(21)19-20-17(22)13-8-4-3-5-9-13/h3-12H,1-2H3,(H,19,21)(H,20,22)/t12-/m0/s1. The number of para-hydroxylation sites is 1. The molecule has 0 unspecified atom stereocenters. The van der Waals surface area contributed by atoms with Crippen molar-refractivity contribution in [1.82, 2.24) is 10.9 Å². The van der Waals surface area contributed by atoms with Crippen molar-refractivity contribution < 1.29 is 23.9 Å². The second-order valence-electron chi connectivity index (χ2n) is 5.06. The zero-order chi connectivity index (χ0) is 18.2. The zero-order valence-corrected chi connectivity index (χ0v) is 13.8. The topological polar surface area (TPSA) is 93.7 Å². The van der Waals surface area contributed by atoms with E-state index in [4.69, 9.17) is 9.47 Å². The summed E-state index contributed by atoms with van der Waals surface area (Å²) in [7, 11) is 1.43. The number of esters is 1. The lowest BCUT2D eigenvalue weighted by molar-refractivity contribution is -0.129. The van der Waals surface area contributed by atoms with Crippen LogP contribution in [-0.4, -0.2) is 31.0 Å². The van der Waals surface area contributed by atoms with Crippen molar-refractivity contribution in [3.05, 3.63) is 65.7 Å². The summed E-state index contributed by atoms with van der Waals surface area (Å²) < 4.78 is 10.2. The Kier molecular flexibility index (Phi) is 6.11. The van der Waals surface area contributed by atoms with E-state index in [0.29, 0.717) is 11.3 Å². The van der Waals surface area contributed by atoms with Crippen LogP contribution in [0.1, 0.15) is 27.6 Å². The number of hydrogen-bond donors (Lipinski definition) is 2. The average molecular weight is 342 g/mol. The highest BCUT2D eigenvalue weighted by molar-refractivity contribution is 5.97. The second kappa shape index (κ2) is 8.49. The van der Waals surface area contributed by atoms with Gasteiger partial charge in [0, 0.05) is 5.56 Å².